The SMILES string of the molecule is C=C[C@H](C)N1C(=O)S/C(=C\c2ccc(O[C@@H](C)C(=O)O)c(OC)c2)C1=O. The molecule has 1 aliphatic heterocycles. The van der Waals surface area contributed by atoms with E-state index in [9.17, 15) is 14.4 Å². The van der Waals surface area contributed by atoms with Gasteiger partial charge in [-0.05, 0) is 49.4 Å². The maximum Gasteiger partial charge on any atom is 0.344 e. The lowest BCUT2D eigenvalue weighted by Gasteiger charge is -2.17. The Morgan fingerprint density at radius 3 is 2.58 bits per heavy atom. The second kappa shape index (κ2) is 8.09. The Morgan fingerprint density at radius 2 is 2.00 bits per heavy atom. The molecule has 2 rings (SSSR count). The van der Waals surface area contributed by atoms with Crippen molar-refractivity contribution in [1.29, 1.82) is 0 Å². The number of amides is 2. The second-order valence-electron chi connectivity index (χ2n) is 5.54. The zero-order chi connectivity index (χ0) is 19.4. The fourth-order valence-corrected chi connectivity index (χ4v) is 3.12. The molecule has 1 heterocycles. The topological polar surface area (TPSA) is 93.1 Å². The summed E-state index contributed by atoms with van der Waals surface area (Å²) in [4.78, 5) is 36.8. The highest BCUT2D eigenvalue weighted by atomic mass is 32.2. The largest absolute Gasteiger partial charge is 0.493 e. The Balaban J connectivity index is 2.28. The summed E-state index contributed by atoms with van der Waals surface area (Å²) in [5, 5.41) is 8.58. The van der Waals surface area contributed by atoms with Gasteiger partial charge in [-0.15, -0.1) is 6.58 Å². The summed E-state index contributed by atoms with van der Waals surface area (Å²) in [6, 6.07) is 4.42. The molecule has 0 spiro atoms. The van der Waals surface area contributed by atoms with Crippen LogP contribution in [-0.2, 0) is 9.59 Å². The highest BCUT2D eigenvalue weighted by molar-refractivity contribution is 8.18. The first-order chi connectivity index (χ1) is 12.3. The number of ether oxygens (including phenoxy) is 2. The fourth-order valence-electron chi connectivity index (χ4n) is 2.20. The Bertz CT molecular complexity index is 788. The van der Waals surface area contributed by atoms with Gasteiger partial charge in [0.15, 0.2) is 17.6 Å². The van der Waals surface area contributed by atoms with Crippen LogP contribution < -0.4 is 9.47 Å². The van der Waals surface area contributed by atoms with Gasteiger partial charge in [0.05, 0.1) is 18.1 Å². The molecule has 0 aromatic heterocycles. The summed E-state index contributed by atoms with van der Waals surface area (Å²) >= 11 is 0.854. The van der Waals surface area contributed by atoms with Crippen LogP contribution in [0.15, 0.2) is 35.8 Å². The number of aliphatic carboxylic acids is 1. The lowest BCUT2D eigenvalue weighted by Crippen LogP contribution is -2.35. The molecule has 0 unspecified atom stereocenters. The van der Waals surface area contributed by atoms with Crippen molar-refractivity contribution in [2.75, 3.05) is 7.11 Å². The molecule has 1 aromatic rings. The van der Waals surface area contributed by atoms with Crippen LogP contribution in [0.25, 0.3) is 6.08 Å². The summed E-state index contributed by atoms with van der Waals surface area (Å²) in [6.45, 7) is 6.73. The molecule has 1 aliphatic rings. The van der Waals surface area contributed by atoms with Gasteiger partial charge in [-0.1, -0.05) is 12.1 Å². The number of benzene rings is 1. The van der Waals surface area contributed by atoms with E-state index in [1.54, 1.807) is 31.2 Å². The molecule has 0 aliphatic carbocycles. The summed E-state index contributed by atoms with van der Waals surface area (Å²) in [7, 11) is 1.43. The summed E-state index contributed by atoms with van der Waals surface area (Å²) in [6.07, 6.45) is 2.07. The zero-order valence-electron chi connectivity index (χ0n) is 14.6. The molecule has 7 nitrogen and oxygen atoms in total. The van der Waals surface area contributed by atoms with Crippen molar-refractivity contribution in [3.63, 3.8) is 0 Å². The minimum absolute atomic E-state index is 0.271. The average molecular weight is 377 g/mol. The highest BCUT2D eigenvalue weighted by Crippen LogP contribution is 2.35. The lowest BCUT2D eigenvalue weighted by molar-refractivity contribution is -0.144. The predicted molar refractivity (Wildman–Crippen MR) is 98.2 cm³/mol. The van der Waals surface area contributed by atoms with Crippen LogP contribution in [0.1, 0.15) is 19.4 Å². The number of hydrogen-bond donors (Lipinski definition) is 1. The lowest BCUT2D eigenvalue weighted by atomic mass is 10.1. The minimum Gasteiger partial charge on any atom is -0.493 e. The Labute approximate surface area is 155 Å². The van der Waals surface area contributed by atoms with Crippen LogP contribution in [0.5, 0.6) is 11.5 Å². The number of carboxylic acids is 1. The minimum atomic E-state index is -1.10. The molecule has 0 saturated carbocycles. The number of thioether (sulfide) groups is 1. The molecule has 0 bridgehead atoms. The van der Waals surface area contributed by atoms with Crippen LogP contribution in [0.2, 0.25) is 0 Å². The van der Waals surface area contributed by atoms with Gasteiger partial charge >= 0.3 is 5.97 Å². The first kappa shape index (κ1) is 19.6. The van der Waals surface area contributed by atoms with Gasteiger partial charge in [0.1, 0.15) is 0 Å². The molecule has 1 saturated heterocycles. The molecular weight excluding hydrogens is 358 g/mol. The molecule has 138 valence electrons. The van der Waals surface area contributed by atoms with Crippen molar-refractivity contribution in [2.45, 2.75) is 26.0 Å². The van der Waals surface area contributed by atoms with Crippen LogP contribution in [0, 0.1) is 0 Å². The molecular formula is C18H19NO6S. The molecule has 2 amide bonds. The van der Waals surface area contributed by atoms with Crippen molar-refractivity contribution in [1.82, 2.24) is 4.90 Å². The normalized spacial score (nSPS) is 18.0. The molecule has 1 fully saturated rings. The van der Waals surface area contributed by atoms with Gasteiger partial charge in [-0.2, -0.15) is 0 Å². The Hall–Kier alpha value is -2.74. The predicted octanol–water partition coefficient (Wildman–Crippen LogP) is 3.16. The Kier molecular flexibility index (Phi) is 6.10. The third-order valence-electron chi connectivity index (χ3n) is 3.71. The summed E-state index contributed by atoms with van der Waals surface area (Å²) < 4.78 is 10.6. The van der Waals surface area contributed by atoms with Crippen LogP contribution in [0.3, 0.4) is 0 Å². The molecule has 26 heavy (non-hydrogen) atoms. The number of hydrogen-bond acceptors (Lipinski definition) is 6. The maximum atomic E-state index is 12.4. The maximum absolute atomic E-state index is 12.4. The van der Waals surface area contributed by atoms with E-state index in [4.69, 9.17) is 14.6 Å². The van der Waals surface area contributed by atoms with E-state index < -0.39 is 18.1 Å². The van der Waals surface area contributed by atoms with Crippen molar-refractivity contribution >= 4 is 35.0 Å². The van der Waals surface area contributed by atoms with Crippen LogP contribution >= 0.6 is 11.8 Å². The third-order valence-corrected chi connectivity index (χ3v) is 4.59. The van der Waals surface area contributed by atoms with Crippen molar-refractivity contribution in [3.05, 3.63) is 41.3 Å². The molecule has 2 atom stereocenters. The van der Waals surface area contributed by atoms with Crippen LogP contribution in [0.4, 0.5) is 4.79 Å². The van der Waals surface area contributed by atoms with Gasteiger partial charge in [0.2, 0.25) is 0 Å². The molecule has 0 radical (unpaired) electrons. The van der Waals surface area contributed by atoms with Gasteiger partial charge < -0.3 is 14.6 Å². The van der Waals surface area contributed by atoms with Gasteiger partial charge in [0.25, 0.3) is 11.1 Å². The average Bonchev–Trinajstić information content (AvgIpc) is 2.88. The highest BCUT2D eigenvalue weighted by Gasteiger charge is 2.37. The molecule has 1 aromatic carbocycles. The van der Waals surface area contributed by atoms with E-state index >= 15 is 0 Å². The van der Waals surface area contributed by atoms with Gasteiger partial charge in [-0.25, -0.2) is 4.79 Å². The van der Waals surface area contributed by atoms with Crippen molar-refractivity contribution in [3.8, 4) is 11.5 Å². The number of rotatable bonds is 7. The molecule has 8 heteroatoms. The fraction of sp³-hybridized carbons (Fsp3) is 0.278. The van der Waals surface area contributed by atoms with Gasteiger partial charge in [0, 0.05) is 0 Å². The summed E-state index contributed by atoms with van der Waals surface area (Å²) in [5.41, 5.74) is 0.619. The van der Waals surface area contributed by atoms with E-state index in [1.165, 1.54) is 20.1 Å². The third kappa shape index (κ3) is 4.08. The number of nitrogens with zero attached hydrogens (tertiary/aromatic N) is 1. The number of carboxylic acid groups (broad SMARTS) is 1. The Morgan fingerprint density at radius 1 is 1.31 bits per heavy atom. The first-order valence-electron chi connectivity index (χ1n) is 7.75. The van der Waals surface area contributed by atoms with Crippen molar-refractivity contribution in [2.24, 2.45) is 0 Å². The monoisotopic (exact) mass is 377 g/mol. The zero-order valence-corrected chi connectivity index (χ0v) is 15.4. The van der Waals surface area contributed by atoms with E-state index in [0.717, 1.165) is 16.7 Å². The number of methoxy groups -OCH3 is 1. The van der Waals surface area contributed by atoms with E-state index in [2.05, 4.69) is 6.58 Å². The quantitative estimate of drug-likeness (QED) is 0.576. The smallest absolute Gasteiger partial charge is 0.344 e. The van der Waals surface area contributed by atoms with Crippen LogP contribution in [-0.4, -0.2) is 46.4 Å². The summed E-state index contributed by atoms with van der Waals surface area (Å²) in [5.74, 6) is -0.884. The van der Waals surface area contributed by atoms with E-state index in [-0.39, 0.29) is 16.9 Å². The molecule has 1 N–H and O–H groups in total. The number of imide groups is 1. The van der Waals surface area contributed by atoms with E-state index in [0.29, 0.717) is 16.2 Å². The first-order valence-corrected chi connectivity index (χ1v) is 8.57. The standard InChI is InChI=1S/C18H19NO6S/c1-5-10(2)19-16(20)15(26-18(19)23)9-12-6-7-13(14(8-12)24-4)25-11(3)17(21)22/h5-11H,1H2,2-4H3,(H,21,22)/b15-9-/t10-,11-/m0/s1. The van der Waals surface area contributed by atoms with Crippen molar-refractivity contribution < 1.29 is 29.0 Å². The second-order valence-corrected chi connectivity index (χ2v) is 6.53. The van der Waals surface area contributed by atoms with E-state index in [1.807, 2.05) is 0 Å². The number of carbonyl (C=O) groups excluding carboxylic acids is 2. The number of carbonyl (C=O) groups is 3. The van der Waals surface area contributed by atoms with Gasteiger partial charge in [-0.3, -0.25) is 14.5 Å².